The molecule has 9 heteroatoms. The summed E-state index contributed by atoms with van der Waals surface area (Å²) in [6, 6.07) is 17.2. The van der Waals surface area contributed by atoms with Gasteiger partial charge < -0.3 is 0 Å². The topological polar surface area (TPSA) is 79.1 Å². The van der Waals surface area contributed by atoms with Crippen LogP contribution >= 0.6 is 23.2 Å². The van der Waals surface area contributed by atoms with Gasteiger partial charge in [0.1, 0.15) is 5.57 Å². The van der Waals surface area contributed by atoms with Gasteiger partial charge in [0.15, 0.2) is 12.4 Å². The first-order valence-corrected chi connectivity index (χ1v) is 12.4. The van der Waals surface area contributed by atoms with Crippen molar-refractivity contribution in [2.45, 2.75) is 26.7 Å². The molecule has 0 saturated heterocycles. The van der Waals surface area contributed by atoms with E-state index in [4.69, 9.17) is 23.2 Å². The molecule has 0 bridgehead atoms. The smallest absolute Gasteiger partial charge is 0.294 e. The molecule has 186 valence electrons. The number of pyridine rings is 1. The van der Waals surface area contributed by atoms with Crippen LogP contribution in [0.15, 0.2) is 77.9 Å². The summed E-state index contributed by atoms with van der Waals surface area (Å²) in [7, 11) is 0. The lowest BCUT2D eigenvalue weighted by Gasteiger charge is -2.14. The lowest BCUT2D eigenvalue weighted by atomic mass is 9.98. The van der Waals surface area contributed by atoms with E-state index in [9.17, 15) is 14.4 Å². The van der Waals surface area contributed by atoms with E-state index in [1.807, 2.05) is 39.0 Å². The number of carbonyl (C=O) groups excluding carboxylic acids is 2. The second-order valence-electron chi connectivity index (χ2n) is 9.08. The van der Waals surface area contributed by atoms with E-state index in [0.717, 1.165) is 10.5 Å². The predicted molar refractivity (Wildman–Crippen MR) is 144 cm³/mol. The van der Waals surface area contributed by atoms with Gasteiger partial charge in [-0.2, -0.15) is 4.57 Å². The number of aromatic amines is 1. The number of nitrogens with zero attached hydrogens (tertiary/aromatic N) is 3. The van der Waals surface area contributed by atoms with Gasteiger partial charge in [-0.1, -0.05) is 60.8 Å². The number of hydrogen-bond donors (Lipinski definition) is 1. The standard InChI is InChI=1S/C28H22Cl2N4O3/c1-16(2)24-22(27(36)34(31-24)19-11-12-20(29)21(30)15-19)23-25(32-13-5-4-6-14-32)28(37)33(26(23)35)18-9-7-17(3)8-10-18/h4-16H,1-3H3/p+1. The van der Waals surface area contributed by atoms with E-state index < -0.39 is 17.4 Å². The lowest BCUT2D eigenvalue weighted by molar-refractivity contribution is -0.576. The largest absolute Gasteiger partial charge is 0.331 e. The molecule has 0 saturated carbocycles. The number of aromatic nitrogens is 3. The molecule has 37 heavy (non-hydrogen) atoms. The Labute approximate surface area is 223 Å². The van der Waals surface area contributed by atoms with Crippen LogP contribution in [0, 0.1) is 6.92 Å². The van der Waals surface area contributed by atoms with Gasteiger partial charge in [0.25, 0.3) is 17.2 Å². The van der Waals surface area contributed by atoms with E-state index in [0.29, 0.717) is 22.1 Å². The Hall–Kier alpha value is -3.94. The molecule has 0 atom stereocenters. The van der Waals surface area contributed by atoms with Gasteiger partial charge in [0.2, 0.25) is 0 Å². The minimum atomic E-state index is -0.570. The molecule has 1 aliphatic rings. The summed E-state index contributed by atoms with van der Waals surface area (Å²) < 4.78 is 2.89. The average Bonchev–Trinajstić information content (AvgIpc) is 3.35. The maximum Gasteiger partial charge on any atom is 0.331 e. The molecule has 0 spiro atoms. The normalized spacial score (nSPS) is 13.8. The molecule has 0 radical (unpaired) electrons. The van der Waals surface area contributed by atoms with Crippen LogP contribution in [-0.4, -0.2) is 21.6 Å². The van der Waals surface area contributed by atoms with Crippen molar-refractivity contribution < 1.29 is 14.2 Å². The molecule has 1 N–H and O–H groups in total. The Morgan fingerprint density at radius 2 is 1.49 bits per heavy atom. The number of benzene rings is 2. The molecular weight excluding hydrogens is 511 g/mol. The fourth-order valence-corrected chi connectivity index (χ4v) is 4.67. The Morgan fingerprint density at radius 3 is 2.11 bits per heavy atom. The van der Waals surface area contributed by atoms with E-state index in [2.05, 4.69) is 5.10 Å². The SMILES string of the molecule is Cc1ccc(N2C(=O)C(c3c(C(C)C)[nH]n(-c4ccc(Cl)c(Cl)c4)c3=O)=C([n+]3ccccc3)C2=O)cc1. The molecular formula is C28H23Cl2N4O3+. The number of rotatable bonds is 5. The van der Waals surface area contributed by atoms with Gasteiger partial charge >= 0.3 is 5.91 Å². The highest BCUT2D eigenvalue weighted by Gasteiger charge is 2.48. The molecule has 2 aromatic heterocycles. The van der Waals surface area contributed by atoms with E-state index >= 15 is 0 Å². The molecule has 2 aromatic carbocycles. The Balaban J connectivity index is 1.79. The highest BCUT2D eigenvalue weighted by molar-refractivity contribution is 6.53. The second-order valence-corrected chi connectivity index (χ2v) is 9.90. The Morgan fingerprint density at radius 1 is 0.838 bits per heavy atom. The third kappa shape index (κ3) is 4.20. The van der Waals surface area contributed by atoms with Crippen molar-refractivity contribution in [3.8, 4) is 5.69 Å². The molecule has 7 nitrogen and oxygen atoms in total. The van der Waals surface area contributed by atoms with Crippen LogP contribution < -0.4 is 15.0 Å². The van der Waals surface area contributed by atoms with Gasteiger partial charge in [-0.25, -0.2) is 9.58 Å². The van der Waals surface area contributed by atoms with E-state index in [1.165, 1.54) is 4.68 Å². The number of H-pyrrole nitrogens is 1. The van der Waals surface area contributed by atoms with Crippen molar-refractivity contribution in [2.24, 2.45) is 0 Å². The van der Waals surface area contributed by atoms with Gasteiger partial charge in [-0.15, -0.1) is 0 Å². The number of amides is 2. The minimum Gasteiger partial charge on any atom is -0.294 e. The number of nitrogens with one attached hydrogen (secondary N) is 1. The molecule has 2 amide bonds. The molecule has 0 unspecified atom stereocenters. The third-order valence-corrected chi connectivity index (χ3v) is 6.97. The summed E-state index contributed by atoms with van der Waals surface area (Å²) in [6.07, 6.45) is 3.36. The number of carbonyl (C=O) groups is 2. The Kier molecular flexibility index (Phi) is 6.35. The highest BCUT2D eigenvalue weighted by atomic mass is 35.5. The van der Waals surface area contributed by atoms with Crippen LogP contribution in [0.4, 0.5) is 5.69 Å². The van der Waals surface area contributed by atoms with Gasteiger partial charge in [0.05, 0.1) is 27.0 Å². The molecule has 0 aliphatic carbocycles. The van der Waals surface area contributed by atoms with Gasteiger partial charge in [0, 0.05) is 17.8 Å². The summed E-state index contributed by atoms with van der Waals surface area (Å²) >= 11 is 12.3. The summed E-state index contributed by atoms with van der Waals surface area (Å²) in [5.74, 6) is -1.26. The first-order valence-electron chi connectivity index (χ1n) is 11.7. The molecule has 3 heterocycles. The van der Waals surface area contributed by atoms with E-state index in [1.54, 1.807) is 59.4 Å². The summed E-state index contributed by atoms with van der Waals surface area (Å²) in [5, 5.41) is 3.77. The van der Waals surface area contributed by atoms with Crippen molar-refractivity contribution in [3.05, 3.63) is 110 Å². The van der Waals surface area contributed by atoms with Crippen molar-refractivity contribution in [2.75, 3.05) is 4.90 Å². The lowest BCUT2D eigenvalue weighted by Crippen LogP contribution is -2.39. The van der Waals surface area contributed by atoms with Crippen LogP contribution in [0.5, 0.6) is 0 Å². The van der Waals surface area contributed by atoms with Crippen molar-refractivity contribution in [1.29, 1.82) is 0 Å². The first kappa shape index (κ1) is 24.7. The molecule has 4 aromatic rings. The monoisotopic (exact) mass is 533 g/mol. The van der Waals surface area contributed by atoms with Crippen LogP contribution in [0.2, 0.25) is 10.0 Å². The quantitative estimate of drug-likeness (QED) is 0.285. The number of hydrogen-bond acceptors (Lipinski definition) is 3. The number of aryl methyl sites for hydroxylation is 1. The highest BCUT2D eigenvalue weighted by Crippen LogP contribution is 2.35. The number of halogens is 2. The Bertz CT molecular complexity index is 1630. The van der Waals surface area contributed by atoms with Crippen molar-refractivity contribution in [3.63, 3.8) is 0 Å². The fourth-order valence-electron chi connectivity index (χ4n) is 4.38. The molecule has 0 fully saturated rings. The molecule has 1 aliphatic heterocycles. The zero-order valence-electron chi connectivity index (χ0n) is 20.3. The average molecular weight is 534 g/mol. The maximum atomic E-state index is 14.0. The summed E-state index contributed by atoms with van der Waals surface area (Å²) in [6.45, 7) is 5.73. The second kappa shape index (κ2) is 9.50. The zero-order chi connectivity index (χ0) is 26.4. The van der Waals surface area contributed by atoms with Crippen LogP contribution in [0.25, 0.3) is 17.0 Å². The molecule has 5 rings (SSSR count). The summed E-state index contributed by atoms with van der Waals surface area (Å²) in [5.41, 5.74) is 2.19. The maximum absolute atomic E-state index is 14.0. The van der Waals surface area contributed by atoms with Gasteiger partial charge in [-0.3, -0.25) is 19.5 Å². The fraction of sp³-hybridized carbons (Fsp3) is 0.143. The zero-order valence-corrected chi connectivity index (χ0v) is 21.8. The summed E-state index contributed by atoms with van der Waals surface area (Å²) in [4.78, 5) is 42.8. The van der Waals surface area contributed by atoms with Gasteiger partial charge in [-0.05, 0) is 43.2 Å². The van der Waals surface area contributed by atoms with Crippen LogP contribution in [0.3, 0.4) is 0 Å². The number of anilines is 1. The van der Waals surface area contributed by atoms with Crippen LogP contribution in [-0.2, 0) is 9.59 Å². The third-order valence-electron chi connectivity index (χ3n) is 6.23. The predicted octanol–water partition coefficient (Wildman–Crippen LogP) is 5.13. The van der Waals surface area contributed by atoms with Crippen molar-refractivity contribution in [1.82, 2.24) is 9.78 Å². The number of imide groups is 1. The van der Waals surface area contributed by atoms with Crippen molar-refractivity contribution >= 4 is 52.0 Å². The minimum absolute atomic E-state index is 0.0329. The van der Waals surface area contributed by atoms with Crippen LogP contribution in [0.1, 0.15) is 36.6 Å². The van der Waals surface area contributed by atoms with E-state index in [-0.39, 0.29) is 27.8 Å². The first-order chi connectivity index (χ1) is 17.7.